The number of aryl methyl sites for hydroxylation is 1. The molecule has 3 heteroatoms. The summed E-state index contributed by atoms with van der Waals surface area (Å²) in [4.78, 5) is 0. The summed E-state index contributed by atoms with van der Waals surface area (Å²) in [5.74, 6) is 5.77. The number of hydrogen-bond donors (Lipinski definition) is 0. The number of methoxy groups -OCH3 is 3. The standard InChI is InChI=1S/C16H18O3/c1-7-14(17-4)12-9-11(3)10-13(16(12)19-6)15(8-2)18-5/h1-2,9-10,14-15H,3-6H3/t14-,15-/m1/s1. The van der Waals surface area contributed by atoms with Crippen LogP contribution in [-0.2, 0) is 9.47 Å². The van der Waals surface area contributed by atoms with Gasteiger partial charge in [0.05, 0.1) is 7.11 Å². The van der Waals surface area contributed by atoms with Crippen molar-refractivity contribution < 1.29 is 14.2 Å². The van der Waals surface area contributed by atoms with E-state index in [0.717, 1.165) is 16.7 Å². The summed E-state index contributed by atoms with van der Waals surface area (Å²) in [6.45, 7) is 1.96. The molecule has 0 aliphatic rings. The van der Waals surface area contributed by atoms with Crippen molar-refractivity contribution >= 4 is 0 Å². The molecule has 19 heavy (non-hydrogen) atoms. The predicted octanol–water partition coefficient (Wildman–Crippen LogP) is 2.65. The maximum Gasteiger partial charge on any atom is 0.146 e. The first-order chi connectivity index (χ1) is 9.12. The zero-order chi connectivity index (χ0) is 14.4. The first kappa shape index (κ1) is 15.1. The molecule has 2 atom stereocenters. The zero-order valence-electron chi connectivity index (χ0n) is 11.7. The Morgan fingerprint density at radius 2 is 1.37 bits per heavy atom. The van der Waals surface area contributed by atoms with Crippen molar-refractivity contribution in [2.24, 2.45) is 0 Å². The number of terminal acetylenes is 2. The second kappa shape index (κ2) is 6.85. The summed E-state index contributed by atoms with van der Waals surface area (Å²) in [5.41, 5.74) is 2.57. The van der Waals surface area contributed by atoms with Crippen LogP contribution in [0.5, 0.6) is 5.75 Å². The number of benzene rings is 1. The van der Waals surface area contributed by atoms with Gasteiger partial charge >= 0.3 is 0 Å². The summed E-state index contributed by atoms with van der Waals surface area (Å²) in [7, 11) is 4.69. The van der Waals surface area contributed by atoms with Crippen LogP contribution in [0.15, 0.2) is 12.1 Å². The van der Waals surface area contributed by atoms with Gasteiger partial charge in [-0.1, -0.05) is 17.4 Å². The molecular weight excluding hydrogens is 240 g/mol. The van der Waals surface area contributed by atoms with Crippen molar-refractivity contribution in [2.75, 3.05) is 21.3 Å². The molecule has 3 nitrogen and oxygen atoms in total. The molecule has 0 fully saturated rings. The molecule has 0 radical (unpaired) electrons. The zero-order valence-corrected chi connectivity index (χ0v) is 11.7. The highest BCUT2D eigenvalue weighted by atomic mass is 16.5. The van der Waals surface area contributed by atoms with Gasteiger partial charge in [-0.25, -0.2) is 0 Å². The lowest BCUT2D eigenvalue weighted by atomic mass is 9.97. The lowest BCUT2D eigenvalue weighted by Crippen LogP contribution is -2.08. The highest BCUT2D eigenvalue weighted by Crippen LogP contribution is 2.36. The molecule has 0 aliphatic carbocycles. The molecular formula is C16H18O3. The van der Waals surface area contributed by atoms with Crippen LogP contribution in [0, 0.1) is 31.6 Å². The Kier molecular flexibility index (Phi) is 5.45. The van der Waals surface area contributed by atoms with Crippen LogP contribution in [0.1, 0.15) is 28.9 Å². The van der Waals surface area contributed by atoms with E-state index >= 15 is 0 Å². The first-order valence-corrected chi connectivity index (χ1v) is 5.79. The van der Waals surface area contributed by atoms with Crippen molar-refractivity contribution in [3.63, 3.8) is 0 Å². The SMILES string of the molecule is C#C[C@@H](OC)c1cc(C)cc([C@@H](C#C)OC)c1OC. The van der Waals surface area contributed by atoms with E-state index in [-0.39, 0.29) is 0 Å². The Balaban J connectivity index is 3.50. The van der Waals surface area contributed by atoms with Crippen molar-refractivity contribution in [3.05, 3.63) is 28.8 Å². The molecule has 1 aromatic carbocycles. The summed E-state index contributed by atoms with van der Waals surface area (Å²) in [6.07, 6.45) is 9.99. The summed E-state index contributed by atoms with van der Waals surface area (Å²) in [5, 5.41) is 0. The number of hydrogen-bond acceptors (Lipinski definition) is 3. The first-order valence-electron chi connectivity index (χ1n) is 5.79. The minimum absolute atomic E-state index is 0.483. The van der Waals surface area contributed by atoms with Gasteiger partial charge in [0.1, 0.15) is 18.0 Å². The van der Waals surface area contributed by atoms with Gasteiger partial charge in [0.15, 0.2) is 0 Å². The van der Waals surface area contributed by atoms with Crippen molar-refractivity contribution in [3.8, 4) is 30.4 Å². The van der Waals surface area contributed by atoms with Crippen LogP contribution >= 0.6 is 0 Å². The highest BCUT2D eigenvalue weighted by molar-refractivity contribution is 5.50. The topological polar surface area (TPSA) is 27.7 Å². The van der Waals surface area contributed by atoms with Crippen molar-refractivity contribution in [1.29, 1.82) is 0 Å². The van der Waals surface area contributed by atoms with Crippen molar-refractivity contribution in [1.82, 2.24) is 0 Å². The number of rotatable bonds is 5. The summed E-state index contributed by atoms with van der Waals surface area (Å²) < 4.78 is 16.0. The van der Waals surface area contributed by atoms with Gasteiger partial charge in [0, 0.05) is 25.3 Å². The summed E-state index contributed by atoms with van der Waals surface area (Å²) >= 11 is 0. The lowest BCUT2D eigenvalue weighted by molar-refractivity contribution is 0.139. The van der Waals surface area contributed by atoms with Gasteiger partial charge < -0.3 is 14.2 Å². The second-order valence-corrected chi connectivity index (χ2v) is 4.04. The fourth-order valence-electron chi connectivity index (χ4n) is 2.02. The maximum atomic E-state index is 5.48. The van der Waals surface area contributed by atoms with Crippen LogP contribution in [0.2, 0.25) is 0 Å². The normalized spacial score (nSPS) is 13.2. The Labute approximate surface area is 114 Å². The third-order valence-corrected chi connectivity index (χ3v) is 2.83. The number of ether oxygens (including phenoxy) is 3. The predicted molar refractivity (Wildman–Crippen MR) is 74.9 cm³/mol. The Morgan fingerprint density at radius 1 is 0.947 bits per heavy atom. The van der Waals surface area contributed by atoms with Crippen LogP contribution < -0.4 is 4.74 Å². The van der Waals surface area contributed by atoms with E-state index < -0.39 is 12.2 Å². The average molecular weight is 258 g/mol. The van der Waals surface area contributed by atoms with Crippen LogP contribution in [-0.4, -0.2) is 21.3 Å². The third kappa shape index (κ3) is 3.09. The monoisotopic (exact) mass is 258 g/mol. The molecule has 0 aromatic heterocycles. The van der Waals surface area contributed by atoms with Gasteiger partial charge in [0.25, 0.3) is 0 Å². The van der Waals surface area contributed by atoms with Gasteiger partial charge in [0.2, 0.25) is 0 Å². The lowest BCUT2D eigenvalue weighted by Gasteiger charge is -2.20. The molecule has 0 amide bonds. The van der Waals surface area contributed by atoms with E-state index in [1.165, 1.54) is 0 Å². The molecule has 0 saturated carbocycles. The largest absolute Gasteiger partial charge is 0.496 e. The van der Waals surface area contributed by atoms with Gasteiger partial charge in [-0.2, -0.15) is 0 Å². The molecule has 0 N–H and O–H groups in total. The van der Waals surface area contributed by atoms with E-state index in [1.807, 2.05) is 19.1 Å². The van der Waals surface area contributed by atoms with Crippen molar-refractivity contribution in [2.45, 2.75) is 19.1 Å². The fourth-order valence-corrected chi connectivity index (χ4v) is 2.02. The van der Waals surface area contributed by atoms with E-state index in [1.54, 1.807) is 21.3 Å². The van der Waals surface area contributed by atoms with Crippen LogP contribution in [0.3, 0.4) is 0 Å². The van der Waals surface area contributed by atoms with E-state index in [2.05, 4.69) is 11.8 Å². The Hall–Kier alpha value is -1.94. The van der Waals surface area contributed by atoms with Gasteiger partial charge in [-0.05, 0) is 19.1 Å². The fraction of sp³-hybridized carbons (Fsp3) is 0.375. The average Bonchev–Trinajstić information content (AvgIpc) is 2.41. The Morgan fingerprint density at radius 3 is 1.63 bits per heavy atom. The maximum absolute atomic E-state index is 5.48. The Bertz CT molecular complexity index is 477. The smallest absolute Gasteiger partial charge is 0.146 e. The van der Waals surface area contributed by atoms with Crippen LogP contribution in [0.25, 0.3) is 0 Å². The molecule has 0 unspecified atom stereocenters. The third-order valence-electron chi connectivity index (χ3n) is 2.83. The van der Waals surface area contributed by atoms with E-state index in [0.29, 0.717) is 5.75 Å². The molecule has 0 spiro atoms. The van der Waals surface area contributed by atoms with Gasteiger partial charge in [-0.15, -0.1) is 12.8 Å². The quantitative estimate of drug-likeness (QED) is 0.760. The highest BCUT2D eigenvalue weighted by Gasteiger charge is 2.21. The molecule has 0 saturated heterocycles. The van der Waals surface area contributed by atoms with Gasteiger partial charge in [-0.3, -0.25) is 0 Å². The van der Waals surface area contributed by atoms with E-state index in [4.69, 9.17) is 27.1 Å². The van der Waals surface area contributed by atoms with Crippen LogP contribution in [0.4, 0.5) is 0 Å². The second-order valence-electron chi connectivity index (χ2n) is 4.04. The minimum Gasteiger partial charge on any atom is -0.496 e. The minimum atomic E-state index is -0.483. The molecule has 1 aromatic rings. The van der Waals surface area contributed by atoms with E-state index in [9.17, 15) is 0 Å². The molecule has 0 heterocycles. The summed E-state index contributed by atoms with van der Waals surface area (Å²) in [6, 6.07) is 3.86. The molecule has 100 valence electrons. The molecule has 0 aliphatic heterocycles. The molecule has 0 bridgehead atoms. The molecule has 1 rings (SSSR count).